The van der Waals surface area contributed by atoms with Crippen molar-refractivity contribution in [3.8, 4) is 11.8 Å². The van der Waals surface area contributed by atoms with Crippen molar-refractivity contribution >= 4 is 17.7 Å². The smallest absolute Gasteiger partial charge is 0.416 e. The van der Waals surface area contributed by atoms with Gasteiger partial charge in [0.25, 0.3) is 5.91 Å². The number of carbonyl (C=O) groups is 1. The quantitative estimate of drug-likeness (QED) is 0.449. The summed E-state index contributed by atoms with van der Waals surface area (Å²) >= 11 is 0. The summed E-state index contributed by atoms with van der Waals surface area (Å²) in [6.45, 7) is 3.88. The van der Waals surface area contributed by atoms with E-state index in [0.717, 1.165) is 12.1 Å². The maximum absolute atomic E-state index is 12.7. The molecule has 0 aliphatic heterocycles. The van der Waals surface area contributed by atoms with E-state index in [2.05, 4.69) is 11.9 Å². The van der Waals surface area contributed by atoms with Crippen molar-refractivity contribution in [3.63, 3.8) is 0 Å². The first kappa shape index (κ1) is 19.8. The minimum atomic E-state index is -4.52. The van der Waals surface area contributed by atoms with Crippen LogP contribution in [0.15, 0.2) is 66.8 Å². The molecule has 0 bridgehead atoms. The van der Waals surface area contributed by atoms with Crippen molar-refractivity contribution in [1.82, 2.24) is 0 Å². The zero-order valence-electron chi connectivity index (χ0n) is 14.1. The Morgan fingerprint density at radius 2 is 1.93 bits per heavy atom. The fourth-order valence-corrected chi connectivity index (χ4v) is 2.10. The molecule has 0 radical (unpaired) electrons. The van der Waals surface area contributed by atoms with E-state index in [0.29, 0.717) is 17.9 Å². The Bertz CT molecular complexity index is 895. The van der Waals surface area contributed by atoms with E-state index in [-0.39, 0.29) is 11.3 Å². The predicted octanol–water partition coefficient (Wildman–Crippen LogP) is 4.82. The summed E-state index contributed by atoms with van der Waals surface area (Å²) < 4.78 is 43.5. The van der Waals surface area contributed by atoms with Crippen LogP contribution in [-0.4, -0.2) is 12.5 Å². The first-order valence-corrected chi connectivity index (χ1v) is 7.77. The number of nitrogens with zero attached hydrogens (tertiary/aromatic N) is 1. The number of nitriles is 1. The number of nitrogens with one attached hydrogen (secondary N) is 1. The highest BCUT2D eigenvalue weighted by molar-refractivity contribution is 6.09. The van der Waals surface area contributed by atoms with Crippen LogP contribution in [0.4, 0.5) is 18.9 Å². The summed E-state index contributed by atoms with van der Waals surface area (Å²) in [5.74, 6) is -0.206. The van der Waals surface area contributed by atoms with Crippen molar-refractivity contribution in [3.05, 3.63) is 77.9 Å². The Hall–Kier alpha value is -3.53. The molecule has 0 fully saturated rings. The van der Waals surface area contributed by atoms with Crippen LogP contribution in [0.2, 0.25) is 0 Å². The van der Waals surface area contributed by atoms with E-state index in [4.69, 9.17) is 4.74 Å². The van der Waals surface area contributed by atoms with Crippen LogP contribution >= 0.6 is 0 Å². The molecule has 0 spiro atoms. The van der Waals surface area contributed by atoms with Crippen molar-refractivity contribution in [2.45, 2.75) is 6.18 Å². The van der Waals surface area contributed by atoms with Crippen molar-refractivity contribution in [2.75, 3.05) is 11.9 Å². The topological polar surface area (TPSA) is 62.1 Å². The van der Waals surface area contributed by atoms with Gasteiger partial charge in [0.1, 0.15) is 24.0 Å². The average Bonchev–Trinajstić information content (AvgIpc) is 2.64. The van der Waals surface area contributed by atoms with Gasteiger partial charge in [-0.1, -0.05) is 30.9 Å². The molecule has 2 aromatic rings. The summed E-state index contributed by atoms with van der Waals surface area (Å²) in [6, 6.07) is 12.6. The number of halogens is 3. The second-order valence-electron chi connectivity index (χ2n) is 5.37. The predicted molar refractivity (Wildman–Crippen MR) is 95.8 cm³/mol. The maximum Gasteiger partial charge on any atom is 0.416 e. The molecule has 2 aromatic carbocycles. The molecule has 0 unspecified atom stereocenters. The van der Waals surface area contributed by atoms with Crippen molar-refractivity contribution in [1.29, 1.82) is 5.26 Å². The Morgan fingerprint density at radius 1 is 1.22 bits per heavy atom. The highest BCUT2D eigenvalue weighted by Crippen LogP contribution is 2.30. The number of anilines is 1. The molecule has 138 valence electrons. The molecular weight excluding hydrogens is 357 g/mol. The van der Waals surface area contributed by atoms with Crippen LogP contribution in [0.3, 0.4) is 0 Å². The van der Waals surface area contributed by atoms with Gasteiger partial charge in [0.15, 0.2) is 0 Å². The molecule has 27 heavy (non-hydrogen) atoms. The molecule has 0 aliphatic carbocycles. The van der Waals surface area contributed by atoms with Gasteiger partial charge in [-0.05, 0) is 42.0 Å². The largest absolute Gasteiger partial charge is 0.490 e. The van der Waals surface area contributed by atoms with Gasteiger partial charge in [-0.15, -0.1) is 0 Å². The molecule has 1 amide bonds. The third-order valence-corrected chi connectivity index (χ3v) is 3.37. The second-order valence-corrected chi connectivity index (χ2v) is 5.37. The van der Waals surface area contributed by atoms with E-state index in [1.54, 1.807) is 36.4 Å². The number of hydrogen-bond donors (Lipinski definition) is 1. The van der Waals surface area contributed by atoms with Crippen LogP contribution in [0.5, 0.6) is 5.75 Å². The van der Waals surface area contributed by atoms with Gasteiger partial charge in [-0.25, -0.2) is 0 Å². The lowest BCUT2D eigenvalue weighted by Crippen LogP contribution is -2.14. The fraction of sp³-hybridized carbons (Fsp3) is 0.100. The molecule has 1 N–H and O–H groups in total. The van der Waals surface area contributed by atoms with Crippen LogP contribution in [-0.2, 0) is 11.0 Å². The molecule has 2 rings (SSSR count). The van der Waals surface area contributed by atoms with E-state index in [1.165, 1.54) is 18.2 Å². The van der Waals surface area contributed by atoms with Gasteiger partial charge < -0.3 is 10.1 Å². The van der Waals surface area contributed by atoms with Gasteiger partial charge in [0.2, 0.25) is 0 Å². The lowest BCUT2D eigenvalue weighted by atomic mass is 10.1. The summed E-state index contributed by atoms with van der Waals surface area (Å²) in [6.07, 6.45) is -1.59. The first-order valence-electron chi connectivity index (χ1n) is 7.77. The van der Waals surface area contributed by atoms with E-state index < -0.39 is 17.6 Å². The molecule has 0 saturated heterocycles. The minimum absolute atomic E-state index is 0.0517. The second kappa shape index (κ2) is 8.72. The summed E-state index contributed by atoms with van der Waals surface area (Å²) in [4.78, 5) is 12.2. The van der Waals surface area contributed by atoms with E-state index >= 15 is 0 Å². The zero-order chi connectivity index (χ0) is 19.9. The Balaban J connectivity index is 2.15. The number of ether oxygens (including phenoxy) is 1. The SMILES string of the molecule is C=CCOc1ccc(/C=C(\C#N)C(=O)Nc2cccc(C(F)(F)F)c2)cc1. The molecule has 0 aromatic heterocycles. The maximum atomic E-state index is 12.7. The zero-order valence-corrected chi connectivity index (χ0v) is 14.1. The normalized spacial score (nSPS) is 11.4. The Labute approximate surface area is 154 Å². The number of benzene rings is 2. The monoisotopic (exact) mass is 372 g/mol. The highest BCUT2D eigenvalue weighted by Gasteiger charge is 2.30. The summed E-state index contributed by atoms with van der Waals surface area (Å²) in [5.41, 5.74) is -0.620. The van der Waals surface area contributed by atoms with Gasteiger partial charge in [0, 0.05) is 5.69 Å². The van der Waals surface area contributed by atoms with Gasteiger partial charge in [-0.3, -0.25) is 4.79 Å². The summed E-state index contributed by atoms with van der Waals surface area (Å²) in [7, 11) is 0. The molecule has 0 heterocycles. The molecule has 0 aliphatic rings. The van der Waals surface area contributed by atoms with E-state index in [1.807, 2.05) is 0 Å². The average molecular weight is 372 g/mol. The molecule has 4 nitrogen and oxygen atoms in total. The van der Waals surface area contributed by atoms with Crippen LogP contribution < -0.4 is 10.1 Å². The van der Waals surface area contributed by atoms with Crippen LogP contribution in [0, 0.1) is 11.3 Å². The molecular formula is C20H15F3N2O2. The first-order chi connectivity index (χ1) is 12.8. The van der Waals surface area contributed by atoms with Crippen LogP contribution in [0.25, 0.3) is 6.08 Å². The fourth-order valence-electron chi connectivity index (χ4n) is 2.10. The lowest BCUT2D eigenvalue weighted by molar-refractivity contribution is -0.137. The number of alkyl halides is 3. The number of rotatable bonds is 6. The third-order valence-electron chi connectivity index (χ3n) is 3.37. The third kappa shape index (κ3) is 5.75. The number of amides is 1. The summed E-state index contributed by atoms with van der Waals surface area (Å²) in [5, 5.41) is 11.5. The van der Waals surface area contributed by atoms with Crippen molar-refractivity contribution in [2.24, 2.45) is 0 Å². The molecule has 0 saturated carbocycles. The van der Waals surface area contributed by atoms with Crippen LogP contribution in [0.1, 0.15) is 11.1 Å². The lowest BCUT2D eigenvalue weighted by Gasteiger charge is -2.09. The number of hydrogen-bond acceptors (Lipinski definition) is 3. The van der Waals surface area contributed by atoms with Crippen molar-refractivity contribution < 1.29 is 22.7 Å². The molecule has 0 atom stereocenters. The van der Waals surface area contributed by atoms with E-state index in [9.17, 15) is 23.2 Å². The minimum Gasteiger partial charge on any atom is -0.490 e. The Kier molecular flexibility index (Phi) is 6.39. The number of carbonyl (C=O) groups excluding carboxylic acids is 1. The van der Waals surface area contributed by atoms with Gasteiger partial charge in [-0.2, -0.15) is 18.4 Å². The highest BCUT2D eigenvalue weighted by atomic mass is 19.4. The Morgan fingerprint density at radius 3 is 2.52 bits per heavy atom. The van der Waals surface area contributed by atoms with Gasteiger partial charge in [0.05, 0.1) is 5.56 Å². The molecule has 7 heteroatoms. The van der Waals surface area contributed by atoms with Gasteiger partial charge >= 0.3 is 6.18 Å². The standard InChI is InChI=1S/C20H15F3N2O2/c1-2-10-27-18-8-6-14(7-9-18)11-15(13-24)19(26)25-17-5-3-4-16(12-17)20(21,22)23/h2-9,11-12H,1,10H2,(H,25,26)/b15-11+.